The second kappa shape index (κ2) is 19.8. The number of nitrogens with one attached hydrogen (secondary N) is 4. The number of hydrogen-bond acceptors (Lipinski definition) is 12. The standard InChI is InChI=1S/C38H45N7O9/c1-39-29(23-52-21-25-11-7-4-8-12-25)36(49)42-27(19-24-9-5-3-6-10-24)22-53-30-15-17-41-38(51-2)33(30)37(50)43-28(20-32(46)47)35(48)40-18-16-31-44-34(45-54-31)26-13-14-26/h3-12,15,17,26-29,39H,13-14,16,18-23H2,1-2H3,(H,40,48)(H,42,49)(H,43,50)(H,46,47)/t27-,28+,29?/m1/s1. The molecule has 0 bridgehead atoms. The third-order valence-electron chi connectivity index (χ3n) is 8.54. The molecule has 16 nitrogen and oxygen atoms in total. The Hall–Kier alpha value is -5.87. The molecule has 2 aromatic heterocycles. The van der Waals surface area contributed by atoms with Crippen molar-refractivity contribution >= 4 is 23.7 Å². The van der Waals surface area contributed by atoms with Crippen LogP contribution in [0.25, 0.3) is 0 Å². The van der Waals surface area contributed by atoms with Crippen molar-refractivity contribution in [2.75, 3.05) is 33.9 Å². The molecule has 0 radical (unpaired) electrons. The van der Waals surface area contributed by atoms with Gasteiger partial charge < -0.3 is 45.1 Å². The van der Waals surface area contributed by atoms with Gasteiger partial charge >= 0.3 is 5.97 Å². The molecule has 1 aliphatic carbocycles. The molecule has 286 valence electrons. The van der Waals surface area contributed by atoms with Crippen molar-refractivity contribution in [3.05, 3.63) is 101 Å². The van der Waals surface area contributed by atoms with E-state index in [9.17, 15) is 24.3 Å². The minimum Gasteiger partial charge on any atom is -0.490 e. The van der Waals surface area contributed by atoms with E-state index in [4.69, 9.17) is 18.7 Å². The highest BCUT2D eigenvalue weighted by Gasteiger charge is 2.30. The van der Waals surface area contributed by atoms with Crippen molar-refractivity contribution in [1.82, 2.24) is 36.4 Å². The van der Waals surface area contributed by atoms with Crippen LogP contribution in [0.1, 0.15) is 58.4 Å². The van der Waals surface area contributed by atoms with E-state index in [1.165, 1.54) is 19.4 Å². The molecule has 2 heterocycles. The lowest BCUT2D eigenvalue weighted by atomic mass is 10.1. The molecular formula is C38H45N7O9. The van der Waals surface area contributed by atoms with E-state index in [1.807, 2.05) is 60.7 Å². The summed E-state index contributed by atoms with van der Waals surface area (Å²) in [4.78, 5) is 60.5. The molecule has 3 amide bonds. The zero-order valence-electron chi connectivity index (χ0n) is 30.2. The Bertz CT molecular complexity index is 1840. The van der Waals surface area contributed by atoms with Crippen LogP contribution < -0.4 is 30.7 Å². The van der Waals surface area contributed by atoms with Crippen LogP contribution in [0.3, 0.4) is 0 Å². The highest BCUT2D eigenvalue weighted by Crippen LogP contribution is 2.38. The van der Waals surface area contributed by atoms with Gasteiger partial charge in [-0.3, -0.25) is 19.2 Å². The maximum Gasteiger partial charge on any atom is 0.305 e. The summed E-state index contributed by atoms with van der Waals surface area (Å²) in [6.45, 7) is 0.454. The summed E-state index contributed by atoms with van der Waals surface area (Å²) in [6, 6.07) is 17.9. The minimum absolute atomic E-state index is 0.0420. The number of carboxylic acid groups (broad SMARTS) is 1. The zero-order valence-corrected chi connectivity index (χ0v) is 30.2. The first-order chi connectivity index (χ1) is 26.2. The molecule has 1 saturated carbocycles. The van der Waals surface area contributed by atoms with Gasteiger partial charge in [-0.15, -0.1) is 0 Å². The van der Waals surface area contributed by atoms with Gasteiger partial charge in [0.25, 0.3) is 5.91 Å². The number of carbonyl (C=O) groups is 4. The summed E-state index contributed by atoms with van der Waals surface area (Å²) in [6.07, 6.45) is 3.32. The van der Waals surface area contributed by atoms with Gasteiger partial charge in [0, 0.05) is 25.1 Å². The molecule has 1 aliphatic rings. The van der Waals surface area contributed by atoms with Crippen molar-refractivity contribution in [2.24, 2.45) is 0 Å². The first-order valence-electron chi connectivity index (χ1n) is 17.7. The summed E-state index contributed by atoms with van der Waals surface area (Å²) in [5.74, 6) is -1.98. The second-order valence-electron chi connectivity index (χ2n) is 12.7. The summed E-state index contributed by atoms with van der Waals surface area (Å²) in [5, 5.41) is 24.7. The molecule has 0 aliphatic heterocycles. The highest BCUT2D eigenvalue weighted by molar-refractivity contribution is 6.02. The van der Waals surface area contributed by atoms with Gasteiger partial charge in [0.05, 0.1) is 32.8 Å². The first kappa shape index (κ1) is 39.3. The van der Waals surface area contributed by atoms with E-state index in [2.05, 4.69) is 36.4 Å². The van der Waals surface area contributed by atoms with Gasteiger partial charge in [0.1, 0.15) is 30.0 Å². The number of amides is 3. The number of carbonyl (C=O) groups excluding carboxylic acids is 3. The number of rotatable bonds is 22. The van der Waals surface area contributed by atoms with Crippen molar-refractivity contribution in [2.45, 2.75) is 62.8 Å². The number of aliphatic carboxylic acids is 1. The Morgan fingerprint density at radius 2 is 1.65 bits per heavy atom. The Morgan fingerprint density at radius 1 is 0.926 bits per heavy atom. The Balaban J connectivity index is 1.25. The van der Waals surface area contributed by atoms with Crippen molar-refractivity contribution in [3.63, 3.8) is 0 Å². The number of methoxy groups -OCH3 is 1. The fraction of sp³-hybridized carbons (Fsp3) is 0.395. The Labute approximate surface area is 312 Å². The van der Waals surface area contributed by atoms with Crippen molar-refractivity contribution in [3.8, 4) is 11.6 Å². The number of aromatic nitrogens is 3. The lowest BCUT2D eigenvalue weighted by Gasteiger charge is -2.24. The maximum absolute atomic E-state index is 13.7. The largest absolute Gasteiger partial charge is 0.490 e. The molecule has 5 N–H and O–H groups in total. The number of likely N-dealkylation sites (N-methyl/N-ethyl adjacent to an activating group) is 1. The Kier molecular flexibility index (Phi) is 14.4. The Morgan fingerprint density at radius 3 is 2.31 bits per heavy atom. The van der Waals surface area contributed by atoms with Crippen LogP contribution in [0.4, 0.5) is 0 Å². The molecule has 1 unspecified atom stereocenters. The van der Waals surface area contributed by atoms with E-state index in [-0.39, 0.29) is 49.3 Å². The third-order valence-corrected chi connectivity index (χ3v) is 8.54. The average Bonchev–Trinajstić information content (AvgIpc) is 3.92. The van der Waals surface area contributed by atoms with Crippen LogP contribution in [0, 0.1) is 0 Å². The van der Waals surface area contributed by atoms with E-state index >= 15 is 0 Å². The van der Waals surface area contributed by atoms with E-state index in [1.54, 1.807) is 7.05 Å². The van der Waals surface area contributed by atoms with E-state index in [0.717, 1.165) is 24.0 Å². The van der Waals surface area contributed by atoms with E-state index in [0.29, 0.717) is 30.7 Å². The van der Waals surface area contributed by atoms with Crippen LogP contribution in [-0.4, -0.2) is 96.0 Å². The van der Waals surface area contributed by atoms with Gasteiger partial charge in [-0.1, -0.05) is 65.8 Å². The topological polar surface area (TPSA) is 216 Å². The van der Waals surface area contributed by atoms with Crippen LogP contribution in [0.5, 0.6) is 11.6 Å². The maximum atomic E-state index is 13.7. The molecule has 0 spiro atoms. The van der Waals surface area contributed by atoms with Crippen LogP contribution in [0.15, 0.2) is 77.4 Å². The summed E-state index contributed by atoms with van der Waals surface area (Å²) >= 11 is 0. The van der Waals surface area contributed by atoms with Crippen molar-refractivity contribution in [1.29, 1.82) is 0 Å². The van der Waals surface area contributed by atoms with Crippen LogP contribution in [-0.2, 0) is 38.6 Å². The predicted octanol–water partition coefficient (Wildman–Crippen LogP) is 2.19. The third kappa shape index (κ3) is 11.8. The predicted molar refractivity (Wildman–Crippen MR) is 194 cm³/mol. The van der Waals surface area contributed by atoms with Gasteiger partial charge in [-0.05, 0) is 43.5 Å². The number of ether oxygens (including phenoxy) is 3. The molecule has 2 aromatic carbocycles. The molecule has 5 rings (SSSR count). The highest BCUT2D eigenvalue weighted by atomic mass is 16.5. The summed E-state index contributed by atoms with van der Waals surface area (Å²) in [5.41, 5.74) is 1.75. The molecule has 16 heteroatoms. The number of pyridine rings is 1. The fourth-order valence-corrected chi connectivity index (χ4v) is 5.52. The van der Waals surface area contributed by atoms with Crippen LogP contribution in [0.2, 0.25) is 0 Å². The fourth-order valence-electron chi connectivity index (χ4n) is 5.52. The molecule has 3 atom stereocenters. The van der Waals surface area contributed by atoms with Gasteiger partial charge in [-0.2, -0.15) is 4.98 Å². The SMILES string of the molecule is CNC(COCc1ccccc1)C(=O)N[C@@H](COc1ccnc(OC)c1C(=O)N[C@@H](CC(=O)O)C(=O)NCCc1nc(C2CC2)no1)Cc1ccccc1. The van der Waals surface area contributed by atoms with Crippen molar-refractivity contribution < 1.29 is 43.0 Å². The number of nitrogens with zero attached hydrogens (tertiary/aromatic N) is 3. The van der Waals surface area contributed by atoms with Crippen LogP contribution >= 0.6 is 0 Å². The summed E-state index contributed by atoms with van der Waals surface area (Å²) in [7, 11) is 2.98. The van der Waals surface area contributed by atoms with Gasteiger partial charge in [-0.25, -0.2) is 4.98 Å². The smallest absolute Gasteiger partial charge is 0.305 e. The van der Waals surface area contributed by atoms with Gasteiger partial charge in [0.15, 0.2) is 5.82 Å². The van der Waals surface area contributed by atoms with E-state index < -0.39 is 42.3 Å². The normalized spacial score (nSPS) is 14.0. The zero-order chi connectivity index (χ0) is 38.3. The number of hydrogen-bond donors (Lipinski definition) is 5. The monoisotopic (exact) mass is 743 g/mol. The second-order valence-corrected chi connectivity index (χ2v) is 12.7. The lowest BCUT2D eigenvalue weighted by Crippen LogP contribution is -2.51. The molecule has 1 fully saturated rings. The summed E-state index contributed by atoms with van der Waals surface area (Å²) < 4.78 is 22.6. The molecule has 54 heavy (non-hydrogen) atoms. The first-order valence-corrected chi connectivity index (χ1v) is 17.7. The quantitative estimate of drug-likeness (QED) is 0.0782. The number of carboxylic acids is 1. The average molecular weight is 744 g/mol. The lowest BCUT2D eigenvalue weighted by molar-refractivity contribution is -0.139. The molecule has 0 saturated heterocycles. The minimum atomic E-state index is -1.45. The molecule has 4 aromatic rings. The van der Waals surface area contributed by atoms with Gasteiger partial charge in [0.2, 0.25) is 23.6 Å². The molecular weight excluding hydrogens is 698 g/mol. The number of benzene rings is 2.